The van der Waals surface area contributed by atoms with Crippen LogP contribution in [0.4, 0.5) is 11.1 Å². The van der Waals surface area contributed by atoms with E-state index in [0.29, 0.717) is 5.02 Å². The summed E-state index contributed by atoms with van der Waals surface area (Å²) in [5.74, 6) is 0.734. The molecule has 0 spiro atoms. The number of hydrogen-bond acceptors (Lipinski definition) is 7. The van der Waals surface area contributed by atoms with Gasteiger partial charge in [-0.05, 0) is 6.92 Å². The quantitative estimate of drug-likeness (QED) is 0.839. The van der Waals surface area contributed by atoms with Crippen molar-refractivity contribution in [2.24, 2.45) is 0 Å². The Morgan fingerprint density at radius 2 is 1.68 bits per heavy atom. The van der Waals surface area contributed by atoms with Crippen LogP contribution in [-0.2, 0) is 0 Å². The summed E-state index contributed by atoms with van der Waals surface area (Å²) in [5, 5.41) is 10.8. The van der Waals surface area contributed by atoms with E-state index in [1.807, 2.05) is 6.92 Å². The molecular formula is C11H13ClN6S. The van der Waals surface area contributed by atoms with Crippen molar-refractivity contribution in [3.8, 4) is 0 Å². The molecule has 8 heteroatoms. The van der Waals surface area contributed by atoms with Gasteiger partial charge in [-0.3, -0.25) is 0 Å². The van der Waals surface area contributed by atoms with E-state index in [9.17, 15) is 0 Å². The lowest BCUT2D eigenvalue weighted by Gasteiger charge is -2.34. The average Bonchev–Trinajstić information content (AvgIpc) is 2.87. The fourth-order valence-corrected chi connectivity index (χ4v) is 2.82. The number of piperazine rings is 1. The lowest BCUT2D eigenvalue weighted by atomic mass is 10.3. The van der Waals surface area contributed by atoms with E-state index >= 15 is 0 Å². The highest BCUT2D eigenvalue weighted by Crippen LogP contribution is 2.21. The smallest absolute Gasteiger partial charge is 0.225 e. The molecule has 19 heavy (non-hydrogen) atoms. The van der Waals surface area contributed by atoms with Gasteiger partial charge < -0.3 is 9.80 Å². The first-order chi connectivity index (χ1) is 9.22. The first-order valence-corrected chi connectivity index (χ1v) is 7.19. The summed E-state index contributed by atoms with van der Waals surface area (Å²) in [6, 6.07) is 0. The number of halogens is 1. The second-order valence-corrected chi connectivity index (χ2v) is 5.88. The monoisotopic (exact) mass is 296 g/mol. The van der Waals surface area contributed by atoms with Gasteiger partial charge >= 0.3 is 0 Å². The maximum atomic E-state index is 5.79. The van der Waals surface area contributed by atoms with E-state index in [1.165, 1.54) is 0 Å². The van der Waals surface area contributed by atoms with Crippen LogP contribution in [0.2, 0.25) is 5.02 Å². The summed E-state index contributed by atoms with van der Waals surface area (Å²) in [6.45, 7) is 5.53. The first-order valence-electron chi connectivity index (χ1n) is 6.00. The van der Waals surface area contributed by atoms with Crippen molar-refractivity contribution >= 4 is 34.0 Å². The predicted octanol–water partition coefficient (Wildman–Crippen LogP) is 1.62. The third-order valence-electron chi connectivity index (χ3n) is 2.96. The molecule has 0 aliphatic carbocycles. The molecule has 6 nitrogen and oxygen atoms in total. The highest BCUT2D eigenvalue weighted by Gasteiger charge is 2.21. The molecule has 0 atom stereocenters. The molecule has 0 aromatic carbocycles. The topological polar surface area (TPSA) is 58.0 Å². The summed E-state index contributed by atoms with van der Waals surface area (Å²) >= 11 is 7.42. The van der Waals surface area contributed by atoms with Gasteiger partial charge in [0.1, 0.15) is 5.01 Å². The number of rotatable bonds is 2. The largest absolute Gasteiger partial charge is 0.343 e. The molecule has 0 bridgehead atoms. The van der Waals surface area contributed by atoms with Crippen LogP contribution in [0.15, 0.2) is 12.4 Å². The molecule has 2 aromatic rings. The van der Waals surface area contributed by atoms with Crippen LogP contribution in [0.1, 0.15) is 5.01 Å². The molecule has 1 aliphatic heterocycles. The van der Waals surface area contributed by atoms with Crippen LogP contribution < -0.4 is 9.80 Å². The fraction of sp³-hybridized carbons (Fsp3) is 0.455. The van der Waals surface area contributed by atoms with Gasteiger partial charge in [0, 0.05) is 26.2 Å². The van der Waals surface area contributed by atoms with Crippen molar-refractivity contribution < 1.29 is 0 Å². The fourth-order valence-electron chi connectivity index (χ4n) is 1.98. The van der Waals surface area contributed by atoms with Gasteiger partial charge in [0.05, 0.1) is 17.4 Å². The van der Waals surface area contributed by atoms with Gasteiger partial charge in [-0.1, -0.05) is 22.9 Å². The number of nitrogens with zero attached hydrogens (tertiary/aromatic N) is 6. The van der Waals surface area contributed by atoms with Crippen molar-refractivity contribution in [3.63, 3.8) is 0 Å². The van der Waals surface area contributed by atoms with Crippen LogP contribution in [0.5, 0.6) is 0 Å². The van der Waals surface area contributed by atoms with Crippen molar-refractivity contribution in [2.45, 2.75) is 6.92 Å². The van der Waals surface area contributed by atoms with Crippen molar-refractivity contribution in [1.82, 2.24) is 20.2 Å². The Balaban J connectivity index is 1.64. The van der Waals surface area contributed by atoms with E-state index in [0.717, 1.165) is 42.3 Å². The molecule has 1 saturated heterocycles. The second-order valence-electron chi connectivity index (χ2n) is 4.28. The van der Waals surface area contributed by atoms with Crippen LogP contribution in [0, 0.1) is 6.92 Å². The lowest BCUT2D eigenvalue weighted by Crippen LogP contribution is -2.47. The summed E-state index contributed by atoms with van der Waals surface area (Å²) in [7, 11) is 0. The summed E-state index contributed by atoms with van der Waals surface area (Å²) < 4.78 is 0. The van der Waals surface area contributed by atoms with Crippen LogP contribution in [0.25, 0.3) is 0 Å². The Labute approximate surface area is 120 Å². The van der Waals surface area contributed by atoms with Crippen molar-refractivity contribution in [2.75, 3.05) is 36.0 Å². The zero-order valence-corrected chi connectivity index (χ0v) is 12.0. The molecule has 0 amide bonds. The average molecular weight is 297 g/mol. The Morgan fingerprint density at radius 1 is 1.05 bits per heavy atom. The second kappa shape index (κ2) is 5.26. The first kappa shape index (κ1) is 12.6. The summed E-state index contributed by atoms with van der Waals surface area (Å²) in [5.41, 5.74) is 0. The summed E-state index contributed by atoms with van der Waals surface area (Å²) in [6.07, 6.45) is 3.26. The van der Waals surface area contributed by atoms with Gasteiger partial charge in [-0.25, -0.2) is 9.97 Å². The third kappa shape index (κ3) is 2.76. The molecule has 1 aliphatic rings. The Bertz CT molecular complexity index is 549. The van der Waals surface area contributed by atoms with E-state index in [1.54, 1.807) is 23.7 Å². The highest BCUT2D eigenvalue weighted by molar-refractivity contribution is 7.15. The molecule has 1 fully saturated rings. The molecule has 0 N–H and O–H groups in total. The molecule has 0 saturated carbocycles. The van der Waals surface area contributed by atoms with Crippen molar-refractivity contribution in [1.29, 1.82) is 0 Å². The molecular weight excluding hydrogens is 284 g/mol. The normalized spacial score (nSPS) is 15.9. The van der Waals surface area contributed by atoms with E-state index in [4.69, 9.17) is 11.6 Å². The number of anilines is 2. The van der Waals surface area contributed by atoms with Gasteiger partial charge in [-0.2, -0.15) is 0 Å². The minimum atomic E-state index is 0.562. The summed E-state index contributed by atoms with van der Waals surface area (Å²) in [4.78, 5) is 12.9. The standard InChI is InChI=1S/C11H13ClN6S/c1-8-15-16-11(19-8)18-4-2-17(3-5-18)10-13-6-9(12)7-14-10/h6-7H,2-5H2,1H3. The SMILES string of the molecule is Cc1nnc(N2CCN(c3ncc(Cl)cn3)CC2)s1. The predicted molar refractivity (Wildman–Crippen MR) is 76.1 cm³/mol. The number of hydrogen-bond donors (Lipinski definition) is 0. The van der Waals surface area contributed by atoms with E-state index in [2.05, 4.69) is 30.0 Å². The van der Waals surface area contributed by atoms with Crippen LogP contribution in [-0.4, -0.2) is 46.3 Å². The maximum absolute atomic E-state index is 5.79. The third-order valence-corrected chi connectivity index (χ3v) is 4.05. The van der Waals surface area contributed by atoms with Crippen LogP contribution >= 0.6 is 22.9 Å². The van der Waals surface area contributed by atoms with Gasteiger partial charge in [-0.15, -0.1) is 10.2 Å². The minimum Gasteiger partial charge on any atom is -0.343 e. The lowest BCUT2D eigenvalue weighted by molar-refractivity contribution is 0.636. The Hall–Kier alpha value is -1.47. The minimum absolute atomic E-state index is 0.562. The molecule has 100 valence electrons. The molecule has 3 rings (SSSR count). The zero-order chi connectivity index (χ0) is 13.2. The highest BCUT2D eigenvalue weighted by atomic mass is 35.5. The maximum Gasteiger partial charge on any atom is 0.225 e. The van der Waals surface area contributed by atoms with Gasteiger partial charge in [0.25, 0.3) is 0 Å². The molecule has 2 aromatic heterocycles. The van der Waals surface area contributed by atoms with Crippen molar-refractivity contribution in [3.05, 3.63) is 22.4 Å². The van der Waals surface area contributed by atoms with E-state index < -0.39 is 0 Å². The van der Waals surface area contributed by atoms with Gasteiger partial charge in [0.2, 0.25) is 11.1 Å². The number of aryl methyl sites for hydroxylation is 1. The zero-order valence-electron chi connectivity index (χ0n) is 10.5. The molecule has 3 heterocycles. The Morgan fingerprint density at radius 3 is 2.26 bits per heavy atom. The molecule has 0 radical (unpaired) electrons. The number of aromatic nitrogens is 4. The van der Waals surface area contributed by atoms with Gasteiger partial charge in [0.15, 0.2) is 0 Å². The van der Waals surface area contributed by atoms with E-state index in [-0.39, 0.29) is 0 Å². The Kier molecular flexibility index (Phi) is 3.48. The van der Waals surface area contributed by atoms with Crippen LogP contribution in [0.3, 0.4) is 0 Å². The molecule has 0 unspecified atom stereocenters.